The SMILES string of the molecule is COC(=O)N[C@@H](Cc1c[nH]c2ccccc12)C(=O)NC(C)C. The number of carbonyl (C=O) groups is 2. The highest BCUT2D eigenvalue weighted by atomic mass is 16.5. The molecule has 0 unspecified atom stereocenters. The first kappa shape index (κ1) is 15.9. The van der Waals surface area contributed by atoms with Crippen molar-refractivity contribution in [3.8, 4) is 0 Å². The van der Waals surface area contributed by atoms with Crippen LogP contribution in [-0.2, 0) is 16.0 Å². The molecular formula is C16H21N3O3. The van der Waals surface area contributed by atoms with E-state index in [0.29, 0.717) is 6.42 Å². The van der Waals surface area contributed by atoms with E-state index >= 15 is 0 Å². The number of hydrogen-bond acceptors (Lipinski definition) is 3. The Bertz CT molecular complexity index is 663. The van der Waals surface area contributed by atoms with Gasteiger partial charge < -0.3 is 20.4 Å². The van der Waals surface area contributed by atoms with E-state index < -0.39 is 12.1 Å². The van der Waals surface area contributed by atoms with E-state index in [1.165, 1.54) is 7.11 Å². The number of alkyl carbamates (subject to hydrolysis) is 1. The molecule has 2 rings (SSSR count). The number of fused-ring (bicyclic) bond motifs is 1. The van der Waals surface area contributed by atoms with Crippen molar-refractivity contribution in [1.82, 2.24) is 15.6 Å². The molecule has 0 saturated heterocycles. The number of carbonyl (C=O) groups excluding carboxylic acids is 2. The summed E-state index contributed by atoms with van der Waals surface area (Å²) in [5.41, 5.74) is 1.97. The molecule has 3 N–H and O–H groups in total. The first-order valence-corrected chi connectivity index (χ1v) is 7.21. The second-order valence-electron chi connectivity index (χ2n) is 5.42. The Morgan fingerprint density at radius 3 is 2.64 bits per heavy atom. The topological polar surface area (TPSA) is 83.2 Å². The Hall–Kier alpha value is -2.50. The fourth-order valence-corrected chi connectivity index (χ4v) is 2.32. The number of methoxy groups -OCH3 is 1. The molecule has 0 bridgehead atoms. The van der Waals surface area contributed by atoms with Crippen LogP contribution in [-0.4, -0.2) is 36.2 Å². The van der Waals surface area contributed by atoms with Crippen LogP contribution in [0.5, 0.6) is 0 Å². The van der Waals surface area contributed by atoms with Crippen molar-refractivity contribution in [2.75, 3.05) is 7.11 Å². The maximum Gasteiger partial charge on any atom is 0.407 e. The molecule has 0 fully saturated rings. The Balaban J connectivity index is 2.21. The summed E-state index contributed by atoms with van der Waals surface area (Å²) in [5, 5.41) is 6.44. The molecule has 1 aromatic heterocycles. The molecule has 0 aliphatic rings. The normalized spacial score (nSPS) is 12.2. The van der Waals surface area contributed by atoms with Crippen molar-refractivity contribution < 1.29 is 14.3 Å². The number of hydrogen-bond donors (Lipinski definition) is 3. The van der Waals surface area contributed by atoms with Crippen molar-refractivity contribution in [1.29, 1.82) is 0 Å². The van der Waals surface area contributed by atoms with E-state index in [4.69, 9.17) is 0 Å². The lowest BCUT2D eigenvalue weighted by atomic mass is 10.0. The summed E-state index contributed by atoms with van der Waals surface area (Å²) >= 11 is 0. The van der Waals surface area contributed by atoms with E-state index in [1.54, 1.807) is 0 Å². The van der Waals surface area contributed by atoms with Gasteiger partial charge in [0.2, 0.25) is 5.91 Å². The summed E-state index contributed by atoms with van der Waals surface area (Å²) in [6, 6.07) is 7.15. The van der Waals surface area contributed by atoms with Crippen LogP contribution in [0.1, 0.15) is 19.4 Å². The van der Waals surface area contributed by atoms with Crippen LogP contribution in [0.15, 0.2) is 30.5 Å². The van der Waals surface area contributed by atoms with Crippen LogP contribution >= 0.6 is 0 Å². The number of amides is 2. The lowest BCUT2D eigenvalue weighted by Gasteiger charge is -2.19. The molecule has 1 heterocycles. The zero-order valence-corrected chi connectivity index (χ0v) is 13.0. The predicted octanol–water partition coefficient (Wildman–Crippen LogP) is 1.96. The molecule has 22 heavy (non-hydrogen) atoms. The van der Waals surface area contributed by atoms with Gasteiger partial charge in [-0.05, 0) is 25.5 Å². The molecule has 2 aromatic rings. The minimum atomic E-state index is -0.686. The average molecular weight is 303 g/mol. The number of H-pyrrole nitrogens is 1. The molecule has 118 valence electrons. The first-order valence-electron chi connectivity index (χ1n) is 7.21. The van der Waals surface area contributed by atoms with Gasteiger partial charge in [0.05, 0.1) is 7.11 Å². The number of ether oxygens (including phenoxy) is 1. The minimum Gasteiger partial charge on any atom is -0.453 e. The number of aromatic amines is 1. The summed E-state index contributed by atoms with van der Waals surface area (Å²) < 4.78 is 4.60. The zero-order chi connectivity index (χ0) is 16.1. The summed E-state index contributed by atoms with van der Waals surface area (Å²) in [4.78, 5) is 26.9. The summed E-state index contributed by atoms with van der Waals surface area (Å²) in [5.74, 6) is -0.231. The highest BCUT2D eigenvalue weighted by molar-refractivity contribution is 5.88. The van der Waals surface area contributed by atoms with Gasteiger partial charge in [0, 0.05) is 29.6 Å². The number of aromatic nitrogens is 1. The quantitative estimate of drug-likeness (QED) is 0.789. The van der Waals surface area contributed by atoms with E-state index in [-0.39, 0.29) is 11.9 Å². The molecule has 6 nitrogen and oxygen atoms in total. The molecule has 0 aliphatic carbocycles. The van der Waals surface area contributed by atoms with Crippen LogP contribution in [0, 0.1) is 0 Å². The highest BCUT2D eigenvalue weighted by Gasteiger charge is 2.23. The second kappa shape index (κ2) is 6.98. The predicted molar refractivity (Wildman–Crippen MR) is 84.6 cm³/mol. The van der Waals surface area contributed by atoms with E-state index in [1.807, 2.05) is 44.3 Å². The van der Waals surface area contributed by atoms with Crippen LogP contribution < -0.4 is 10.6 Å². The van der Waals surface area contributed by atoms with Crippen molar-refractivity contribution >= 4 is 22.9 Å². The maximum atomic E-state index is 12.3. The average Bonchev–Trinajstić information content (AvgIpc) is 2.89. The highest BCUT2D eigenvalue weighted by Crippen LogP contribution is 2.19. The van der Waals surface area contributed by atoms with Crippen LogP contribution in [0.3, 0.4) is 0 Å². The van der Waals surface area contributed by atoms with E-state index in [0.717, 1.165) is 16.5 Å². The summed E-state index contributed by atoms with van der Waals surface area (Å²) in [7, 11) is 1.28. The third-order valence-corrected chi connectivity index (χ3v) is 3.32. The largest absolute Gasteiger partial charge is 0.453 e. The lowest BCUT2D eigenvalue weighted by molar-refractivity contribution is -0.123. The van der Waals surface area contributed by atoms with Crippen molar-refractivity contribution in [3.63, 3.8) is 0 Å². The van der Waals surface area contributed by atoms with Crippen LogP contribution in [0.2, 0.25) is 0 Å². The standard InChI is InChI=1S/C16H21N3O3/c1-10(2)18-15(20)14(19-16(21)22-3)8-11-9-17-13-7-5-4-6-12(11)13/h4-7,9-10,14,17H,8H2,1-3H3,(H,18,20)(H,19,21)/t14-/m0/s1. The Morgan fingerprint density at radius 1 is 1.23 bits per heavy atom. The van der Waals surface area contributed by atoms with Gasteiger partial charge in [-0.15, -0.1) is 0 Å². The smallest absolute Gasteiger partial charge is 0.407 e. The molecule has 2 amide bonds. The maximum absolute atomic E-state index is 12.3. The van der Waals surface area contributed by atoms with Gasteiger partial charge in [-0.25, -0.2) is 4.79 Å². The van der Waals surface area contributed by atoms with E-state index in [2.05, 4.69) is 20.4 Å². The van der Waals surface area contributed by atoms with Gasteiger partial charge in [-0.1, -0.05) is 18.2 Å². The van der Waals surface area contributed by atoms with Crippen LogP contribution in [0.4, 0.5) is 4.79 Å². The molecular weight excluding hydrogens is 282 g/mol. The van der Waals surface area contributed by atoms with Gasteiger partial charge in [0.1, 0.15) is 6.04 Å². The van der Waals surface area contributed by atoms with Crippen molar-refractivity contribution in [3.05, 3.63) is 36.0 Å². The number of para-hydroxylation sites is 1. The number of benzene rings is 1. The monoisotopic (exact) mass is 303 g/mol. The minimum absolute atomic E-state index is 0.00239. The fraction of sp³-hybridized carbons (Fsp3) is 0.375. The Morgan fingerprint density at radius 2 is 1.95 bits per heavy atom. The second-order valence-corrected chi connectivity index (χ2v) is 5.42. The third kappa shape index (κ3) is 3.78. The van der Waals surface area contributed by atoms with Crippen molar-refractivity contribution in [2.45, 2.75) is 32.4 Å². The molecule has 0 spiro atoms. The summed E-state index contributed by atoms with van der Waals surface area (Å²) in [6.45, 7) is 3.75. The van der Waals surface area contributed by atoms with Gasteiger partial charge in [0.25, 0.3) is 0 Å². The molecule has 1 atom stereocenters. The van der Waals surface area contributed by atoms with Gasteiger partial charge in [-0.2, -0.15) is 0 Å². The lowest BCUT2D eigenvalue weighted by Crippen LogP contribution is -2.49. The fourth-order valence-electron chi connectivity index (χ4n) is 2.32. The molecule has 6 heteroatoms. The molecule has 0 radical (unpaired) electrons. The zero-order valence-electron chi connectivity index (χ0n) is 13.0. The van der Waals surface area contributed by atoms with Gasteiger partial charge in [0.15, 0.2) is 0 Å². The molecule has 0 aliphatic heterocycles. The Labute approximate surface area is 129 Å². The van der Waals surface area contributed by atoms with Crippen LogP contribution in [0.25, 0.3) is 10.9 Å². The third-order valence-electron chi connectivity index (χ3n) is 3.32. The Kier molecular flexibility index (Phi) is 5.04. The molecule has 0 saturated carbocycles. The van der Waals surface area contributed by atoms with Crippen molar-refractivity contribution in [2.24, 2.45) is 0 Å². The van der Waals surface area contributed by atoms with E-state index in [9.17, 15) is 9.59 Å². The van der Waals surface area contributed by atoms with Gasteiger partial charge >= 0.3 is 6.09 Å². The molecule has 1 aromatic carbocycles. The summed E-state index contributed by atoms with van der Waals surface area (Å²) in [6.07, 6.45) is 1.63. The number of nitrogens with one attached hydrogen (secondary N) is 3. The number of rotatable bonds is 5. The first-order chi connectivity index (χ1) is 10.5. The van der Waals surface area contributed by atoms with Gasteiger partial charge in [-0.3, -0.25) is 4.79 Å².